The fourth-order valence-corrected chi connectivity index (χ4v) is 2.90. The molecular formula is C16H25Cl2N3O. The SMILES string of the molecule is CCCN(CC(=O)Nc1cc(Cl)ccc1C)C1CCNC1.Cl. The van der Waals surface area contributed by atoms with Crippen molar-refractivity contribution < 1.29 is 4.79 Å². The van der Waals surface area contributed by atoms with Gasteiger partial charge in [0.2, 0.25) is 5.91 Å². The van der Waals surface area contributed by atoms with Crippen LogP contribution in [0.15, 0.2) is 18.2 Å². The van der Waals surface area contributed by atoms with Gasteiger partial charge >= 0.3 is 0 Å². The molecular weight excluding hydrogens is 321 g/mol. The van der Waals surface area contributed by atoms with Crippen molar-refractivity contribution >= 4 is 35.6 Å². The summed E-state index contributed by atoms with van der Waals surface area (Å²) in [6, 6.07) is 6.02. The standard InChI is InChI=1S/C16H24ClN3O.ClH/c1-3-8-20(14-6-7-18-10-14)11-16(21)19-15-9-13(17)5-4-12(15)2;/h4-5,9,14,18H,3,6-8,10-11H2,1-2H3,(H,19,21);1H. The van der Waals surface area contributed by atoms with Crippen LogP contribution in [0, 0.1) is 6.92 Å². The first-order valence-electron chi connectivity index (χ1n) is 7.61. The van der Waals surface area contributed by atoms with Crippen LogP contribution in [0.1, 0.15) is 25.3 Å². The lowest BCUT2D eigenvalue weighted by Gasteiger charge is -2.27. The molecule has 1 aromatic rings. The van der Waals surface area contributed by atoms with Crippen LogP contribution < -0.4 is 10.6 Å². The highest BCUT2D eigenvalue weighted by Crippen LogP contribution is 2.20. The Kier molecular flexibility index (Phi) is 8.18. The monoisotopic (exact) mass is 345 g/mol. The fraction of sp³-hybridized carbons (Fsp3) is 0.562. The largest absolute Gasteiger partial charge is 0.325 e. The summed E-state index contributed by atoms with van der Waals surface area (Å²) in [5.41, 5.74) is 1.82. The summed E-state index contributed by atoms with van der Waals surface area (Å²) in [7, 11) is 0. The number of benzene rings is 1. The second kappa shape index (κ2) is 9.36. The third kappa shape index (κ3) is 5.43. The molecule has 124 valence electrons. The molecule has 6 heteroatoms. The zero-order chi connectivity index (χ0) is 15.2. The second-order valence-electron chi connectivity index (χ2n) is 5.62. The number of rotatable bonds is 6. The molecule has 2 N–H and O–H groups in total. The Balaban J connectivity index is 0.00000242. The molecule has 0 saturated carbocycles. The van der Waals surface area contributed by atoms with Gasteiger partial charge in [-0.1, -0.05) is 24.6 Å². The number of carbonyl (C=O) groups excluding carboxylic acids is 1. The van der Waals surface area contributed by atoms with Crippen LogP contribution in [-0.2, 0) is 4.79 Å². The Hall–Kier alpha value is -0.810. The molecule has 1 aliphatic rings. The van der Waals surface area contributed by atoms with Gasteiger partial charge in [0.15, 0.2) is 0 Å². The predicted octanol–water partition coefficient (Wildman–Crippen LogP) is 3.08. The van der Waals surface area contributed by atoms with Crippen molar-refractivity contribution in [2.75, 3.05) is 31.5 Å². The van der Waals surface area contributed by atoms with Crippen LogP contribution in [-0.4, -0.2) is 43.0 Å². The van der Waals surface area contributed by atoms with E-state index < -0.39 is 0 Å². The summed E-state index contributed by atoms with van der Waals surface area (Å²) in [5.74, 6) is 0.0284. The molecule has 22 heavy (non-hydrogen) atoms. The first kappa shape index (κ1) is 19.2. The van der Waals surface area contributed by atoms with Gasteiger partial charge < -0.3 is 10.6 Å². The van der Waals surface area contributed by atoms with E-state index in [4.69, 9.17) is 11.6 Å². The van der Waals surface area contributed by atoms with Gasteiger partial charge in [-0.3, -0.25) is 9.69 Å². The molecule has 0 bridgehead atoms. The van der Waals surface area contributed by atoms with Gasteiger partial charge in [-0.15, -0.1) is 12.4 Å². The maximum atomic E-state index is 12.3. The highest BCUT2D eigenvalue weighted by molar-refractivity contribution is 6.31. The zero-order valence-electron chi connectivity index (χ0n) is 13.2. The number of aryl methyl sites for hydroxylation is 1. The smallest absolute Gasteiger partial charge is 0.238 e. The molecule has 1 atom stereocenters. The quantitative estimate of drug-likeness (QED) is 0.832. The normalized spacial score (nSPS) is 17.4. The molecule has 0 aromatic heterocycles. The summed E-state index contributed by atoms with van der Waals surface area (Å²) in [6.45, 7) is 7.52. The Morgan fingerprint density at radius 3 is 2.91 bits per heavy atom. The van der Waals surface area contributed by atoms with Crippen molar-refractivity contribution in [3.8, 4) is 0 Å². The van der Waals surface area contributed by atoms with Gasteiger partial charge in [0.1, 0.15) is 0 Å². The van der Waals surface area contributed by atoms with E-state index in [0.717, 1.165) is 43.7 Å². The first-order valence-corrected chi connectivity index (χ1v) is 7.98. The zero-order valence-corrected chi connectivity index (χ0v) is 14.8. The average molecular weight is 346 g/mol. The minimum Gasteiger partial charge on any atom is -0.325 e. The van der Waals surface area contributed by atoms with Crippen molar-refractivity contribution in [3.63, 3.8) is 0 Å². The van der Waals surface area contributed by atoms with Crippen molar-refractivity contribution in [3.05, 3.63) is 28.8 Å². The number of nitrogens with zero attached hydrogens (tertiary/aromatic N) is 1. The molecule has 1 aromatic carbocycles. The second-order valence-corrected chi connectivity index (χ2v) is 6.06. The number of amides is 1. The van der Waals surface area contributed by atoms with Gasteiger partial charge in [0.25, 0.3) is 0 Å². The van der Waals surface area contributed by atoms with E-state index in [1.807, 2.05) is 19.1 Å². The Morgan fingerprint density at radius 2 is 2.27 bits per heavy atom. The maximum absolute atomic E-state index is 12.3. The van der Waals surface area contributed by atoms with Crippen molar-refractivity contribution in [1.29, 1.82) is 0 Å². The summed E-state index contributed by atoms with van der Waals surface area (Å²) in [4.78, 5) is 14.6. The maximum Gasteiger partial charge on any atom is 0.238 e. The van der Waals surface area contributed by atoms with Crippen molar-refractivity contribution in [2.24, 2.45) is 0 Å². The highest BCUT2D eigenvalue weighted by atomic mass is 35.5. The van der Waals surface area contributed by atoms with Crippen LogP contribution in [0.2, 0.25) is 5.02 Å². The average Bonchev–Trinajstić information content (AvgIpc) is 2.96. The Labute approximate surface area is 144 Å². The molecule has 1 heterocycles. The summed E-state index contributed by atoms with van der Waals surface area (Å²) >= 11 is 5.99. The third-order valence-electron chi connectivity index (χ3n) is 3.88. The Bertz CT molecular complexity index is 490. The lowest BCUT2D eigenvalue weighted by Crippen LogP contribution is -2.42. The van der Waals surface area contributed by atoms with Gasteiger partial charge in [0.05, 0.1) is 6.54 Å². The molecule has 0 spiro atoms. The summed E-state index contributed by atoms with van der Waals surface area (Å²) in [5, 5.41) is 6.98. The molecule has 1 unspecified atom stereocenters. The summed E-state index contributed by atoms with van der Waals surface area (Å²) < 4.78 is 0. The molecule has 1 fully saturated rings. The van der Waals surface area contributed by atoms with Crippen LogP contribution in [0.25, 0.3) is 0 Å². The van der Waals surface area contributed by atoms with E-state index in [-0.39, 0.29) is 18.3 Å². The molecule has 4 nitrogen and oxygen atoms in total. The van der Waals surface area contributed by atoms with Gasteiger partial charge in [-0.05, 0) is 50.6 Å². The predicted molar refractivity (Wildman–Crippen MR) is 95.2 cm³/mol. The third-order valence-corrected chi connectivity index (χ3v) is 4.12. The van der Waals surface area contributed by atoms with Gasteiger partial charge in [-0.2, -0.15) is 0 Å². The molecule has 0 aliphatic carbocycles. The highest BCUT2D eigenvalue weighted by Gasteiger charge is 2.23. The van der Waals surface area contributed by atoms with E-state index >= 15 is 0 Å². The lowest BCUT2D eigenvalue weighted by molar-refractivity contribution is -0.117. The molecule has 2 rings (SSSR count). The molecule has 1 aliphatic heterocycles. The number of hydrogen-bond acceptors (Lipinski definition) is 3. The van der Waals surface area contributed by atoms with E-state index in [0.29, 0.717) is 17.6 Å². The van der Waals surface area contributed by atoms with Crippen LogP contribution in [0.5, 0.6) is 0 Å². The topological polar surface area (TPSA) is 44.4 Å². The Morgan fingerprint density at radius 1 is 1.50 bits per heavy atom. The van der Waals surface area contributed by atoms with Gasteiger partial charge in [0, 0.05) is 23.3 Å². The minimum absolute atomic E-state index is 0. The number of nitrogens with one attached hydrogen (secondary N) is 2. The first-order chi connectivity index (χ1) is 10.1. The molecule has 1 saturated heterocycles. The van der Waals surface area contributed by atoms with E-state index in [1.54, 1.807) is 6.07 Å². The fourth-order valence-electron chi connectivity index (χ4n) is 2.73. The molecule has 1 amide bonds. The van der Waals surface area contributed by atoms with E-state index in [9.17, 15) is 4.79 Å². The van der Waals surface area contributed by atoms with Gasteiger partial charge in [-0.25, -0.2) is 0 Å². The summed E-state index contributed by atoms with van der Waals surface area (Å²) in [6.07, 6.45) is 2.17. The van der Waals surface area contributed by atoms with Crippen molar-refractivity contribution in [2.45, 2.75) is 32.7 Å². The lowest BCUT2D eigenvalue weighted by atomic mass is 10.2. The number of anilines is 1. The molecule has 0 radical (unpaired) electrons. The number of hydrogen-bond donors (Lipinski definition) is 2. The van der Waals surface area contributed by atoms with Crippen molar-refractivity contribution in [1.82, 2.24) is 10.2 Å². The van der Waals surface area contributed by atoms with Crippen LogP contribution in [0.3, 0.4) is 0 Å². The van der Waals surface area contributed by atoms with E-state index in [2.05, 4.69) is 22.5 Å². The van der Waals surface area contributed by atoms with Crippen LogP contribution in [0.4, 0.5) is 5.69 Å². The minimum atomic E-state index is 0. The number of carbonyl (C=O) groups is 1. The number of halogens is 2. The van der Waals surface area contributed by atoms with E-state index in [1.165, 1.54) is 0 Å². The van der Waals surface area contributed by atoms with Crippen LogP contribution >= 0.6 is 24.0 Å².